The van der Waals surface area contributed by atoms with E-state index in [2.05, 4.69) is 15.3 Å². The number of H-pyrrole nitrogens is 1. The summed E-state index contributed by atoms with van der Waals surface area (Å²) in [6.07, 6.45) is 3.93. The van der Waals surface area contributed by atoms with Crippen molar-refractivity contribution in [3.05, 3.63) is 30.1 Å². The van der Waals surface area contributed by atoms with Gasteiger partial charge in [0.05, 0.1) is 11.0 Å². The number of fused-ring (bicyclic) bond motifs is 1. The van der Waals surface area contributed by atoms with E-state index in [0.29, 0.717) is 6.42 Å². The van der Waals surface area contributed by atoms with Crippen LogP contribution in [0, 0.1) is 0 Å². The summed E-state index contributed by atoms with van der Waals surface area (Å²) >= 11 is 0. The SMILES string of the molecule is CN[C@@H](Cc1c[nH]c2cccnc12)C(=O)O. The van der Waals surface area contributed by atoms with Crippen molar-refractivity contribution in [2.45, 2.75) is 12.5 Å². The van der Waals surface area contributed by atoms with E-state index in [0.717, 1.165) is 16.6 Å². The largest absolute Gasteiger partial charge is 0.480 e. The first-order chi connectivity index (χ1) is 7.72. The van der Waals surface area contributed by atoms with E-state index in [-0.39, 0.29) is 0 Å². The van der Waals surface area contributed by atoms with Gasteiger partial charge in [-0.2, -0.15) is 0 Å². The molecule has 2 rings (SSSR count). The molecule has 0 saturated carbocycles. The van der Waals surface area contributed by atoms with E-state index in [1.807, 2.05) is 18.3 Å². The standard InChI is InChI=1S/C11H13N3O2/c1-12-9(11(15)16)5-7-6-14-8-3-2-4-13-10(7)8/h2-4,6,9,12,14H,5H2,1H3,(H,15,16)/t9-/m0/s1. The minimum atomic E-state index is -0.854. The smallest absolute Gasteiger partial charge is 0.321 e. The lowest BCUT2D eigenvalue weighted by molar-refractivity contribution is -0.139. The second-order valence-electron chi connectivity index (χ2n) is 3.60. The second kappa shape index (κ2) is 4.32. The van der Waals surface area contributed by atoms with Crippen molar-refractivity contribution in [1.29, 1.82) is 0 Å². The maximum atomic E-state index is 10.9. The molecule has 2 aromatic heterocycles. The quantitative estimate of drug-likeness (QED) is 0.710. The summed E-state index contributed by atoms with van der Waals surface area (Å²) in [6.45, 7) is 0. The summed E-state index contributed by atoms with van der Waals surface area (Å²) in [5.41, 5.74) is 2.68. The first kappa shape index (κ1) is 10.6. The molecule has 5 heteroatoms. The predicted octanol–water partition coefficient (Wildman–Crippen LogP) is 0.778. The Morgan fingerprint density at radius 1 is 1.69 bits per heavy atom. The average molecular weight is 219 g/mol. The van der Waals surface area contributed by atoms with Crippen molar-refractivity contribution in [2.75, 3.05) is 7.05 Å². The lowest BCUT2D eigenvalue weighted by atomic mass is 10.1. The molecule has 0 spiro atoms. The number of hydrogen-bond acceptors (Lipinski definition) is 3. The summed E-state index contributed by atoms with van der Waals surface area (Å²) in [5.74, 6) is -0.854. The van der Waals surface area contributed by atoms with E-state index in [1.165, 1.54) is 0 Å². The van der Waals surface area contributed by atoms with Crippen LogP contribution in [0.3, 0.4) is 0 Å². The fraction of sp³-hybridized carbons (Fsp3) is 0.273. The van der Waals surface area contributed by atoms with E-state index in [4.69, 9.17) is 5.11 Å². The van der Waals surface area contributed by atoms with Crippen LogP contribution in [0.15, 0.2) is 24.5 Å². The van der Waals surface area contributed by atoms with E-state index in [1.54, 1.807) is 13.2 Å². The number of aromatic amines is 1. The normalized spacial score (nSPS) is 12.8. The molecular weight excluding hydrogens is 206 g/mol. The lowest BCUT2D eigenvalue weighted by Crippen LogP contribution is -2.35. The number of nitrogens with zero attached hydrogens (tertiary/aromatic N) is 1. The van der Waals surface area contributed by atoms with Gasteiger partial charge in [0.25, 0.3) is 0 Å². The predicted molar refractivity (Wildman–Crippen MR) is 60.3 cm³/mol. The van der Waals surface area contributed by atoms with Crippen LogP contribution in [0.4, 0.5) is 0 Å². The van der Waals surface area contributed by atoms with Crippen molar-refractivity contribution >= 4 is 17.0 Å². The first-order valence-electron chi connectivity index (χ1n) is 5.03. The molecule has 3 N–H and O–H groups in total. The van der Waals surface area contributed by atoms with Crippen molar-refractivity contribution in [3.8, 4) is 0 Å². The number of carboxylic acid groups (broad SMARTS) is 1. The molecule has 0 aliphatic carbocycles. The lowest BCUT2D eigenvalue weighted by Gasteiger charge is -2.09. The summed E-state index contributed by atoms with van der Waals surface area (Å²) in [4.78, 5) is 18.2. The van der Waals surface area contributed by atoms with Crippen LogP contribution < -0.4 is 5.32 Å². The zero-order chi connectivity index (χ0) is 11.5. The van der Waals surface area contributed by atoms with Gasteiger partial charge in [0.15, 0.2) is 0 Å². The molecule has 0 radical (unpaired) electrons. The maximum absolute atomic E-state index is 10.9. The van der Waals surface area contributed by atoms with Crippen LogP contribution in [-0.4, -0.2) is 34.1 Å². The average Bonchev–Trinajstić information content (AvgIpc) is 2.69. The Kier molecular flexibility index (Phi) is 2.87. The molecule has 0 saturated heterocycles. The van der Waals surface area contributed by atoms with Crippen LogP contribution in [0.1, 0.15) is 5.56 Å². The summed E-state index contributed by atoms with van der Waals surface area (Å²) in [7, 11) is 1.64. The molecule has 16 heavy (non-hydrogen) atoms. The van der Waals surface area contributed by atoms with Gasteiger partial charge in [0, 0.05) is 18.8 Å². The van der Waals surface area contributed by atoms with Crippen LogP contribution >= 0.6 is 0 Å². The minimum absolute atomic E-state index is 0.419. The number of carbonyl (C=O) groups is 1. The van der Waals surface area contributed by atoms with Crippen LogP contribution in [0.25, 0.3) is 11.0 Å². The number of aliphatic carboxylic acids is 1. The molecule has 0 aromatic carbocycles. The van der Waals surface area contributed by atoms with Gasteiger partial charge < -0.3 is 15.4 Å². The molecule has 0 aliphatic heterocycles. The molecule has 0 bridgehead atoms. The monoisotopic (exact) mass is 219 g/mol. The van der Waals surface area contributed by atoms with Crippen molar-refractivity contribution in [2.24, 2.45) is 0 Å². The highest BCUT2D eigenvalue weighted by Gasteiger charge is 2.17. The fourth-order valence-corrected chi connectivity index (χ4v) is 1.70. The summed E-state index contributed by atoms with van der Waals surface area (Å²) < 4.78 is 0. The third-order valence-electron chi connectivity index (χ3n) is 2.58. The van der Waals surface area contributed by atoms with E-state index in [9.17, 15) is 4.79 Å². The topological polar surface area (TPSA) is 78.0 Å². The first-order valence-corrected chi connectivity index (χ1v) is 5.03. The van der Waals surface area contributed by atoms with Gasteiger partial charge in [0.2, 0.25) is 0 Å². The number of hydrogen-bond donors (Lipinski definition) is 3. The Labute approximate surface area is 92.5 Å². The van der Waals surface area contributed by atoms with Gasteiger partial charge in [0.1, 0.15) is 6.04 Å². The van der Waals surface area contributed by atoms with Crippen LogP contribution in [0.2, 0.25) is 0 Å². The maximum Gasteiger partial charge on any atom is 0.321 e. The molecule has 1 atom stereocenters. The Morgan fingerprint density at radius 3 is 3.19 bits per heavy atom. The number of nitrogens with one attached hydrogen (secondary N) is 2. The minimum Gasteiger partial charge on any atom is -0.480 e. The molecule has 5 nitrogen and oxygen atoms in total. The van der Waals surface area contributed by atoms with Gasteiger partial charge in [-0.1, -0.05) is 0 Å². The number of rotatable bonds is 4. The van der Waals surface area contributed by atoms with Gasteiger partial charge in [-0.25, -0.2) is 0 Å². The summed E-state index contributed by atoms with van der Waals surface area (Å²) in [5, 5.41) is 11.7. The van der Waals surface area contributed by atoms with Crippen molar-refractivity contribution in [1.82, 2.24) is 15.3 Å². The molecule has 2 aromatic rings. The second-order valence-corrected chi connectivity index (χ2v) is 3.60. The zero-order valence-corrected chi connectivity index (χ0v) is 8.90. The number of aromatic nitrogens is 2. The van der Waals surface area contributed by atoms with Gasteiger partial charge >= 0.3 is 5.97 Å². The number of likely N-dealkylation sites (N-methyl/N-ethyl adjacent to an activating group) is 1. The number of pyridine rings is 1. The Bertz CT molecular complexity index is 507. The Balaban J connectivity index is 2.30. The molecule has 0 aliphatic rings. The molecule has 0 amide bonds. The van der Waals surface area contributed by atoms with Gasteiger partial charge in [-0.05, 0) is 24.7 Å². The highest BCUT2D eigenvalue weighted by Crippen LogP contribution is 2.16. The van der Waals surface area contributed by atoms with E-state index >= 15 is 0 Å². The zero-order valence-electron chi connectivity index (χ0n) is 8.90. The Hall–Kier alpha value is -1.88. The Morgan fingerprint density at radius 2 is 2.50 bits per heavy atom. The van der Waals surface area contributed by atoms with Gasteiger partial charge in [-0.15, -0.1) is 0 Å². The van der Waals surface area contributed by atoms with Crippen molar-refractivity contribution < 1.29 is 9.90 Å². The third-order valence-corrected chi connectivity index (χ3v) is 2.58. The van der Waals surface area contributed by atoms with Crippen molar-refractivity contribution in [3.63, 3.8) is 0 Å². The molecule has 2 heterocycles. The van der Waals surface area contributed by atoms with Crippen LogP contribution in [-0.2, 0) is 11.2 Å². The molecule has 84 valence electrons. The van der Waals surface area contributed by atoms with E-state index < -0.39 is 12.0 Å². The van der Waals surface area contributed by atoms with Crippen LogP contribution in [0.5, 0.6) is 0 Å². The fourth-order valence-electron chi connectivity index (χ4n) is 1.70. The molecular formula is C11H13N3O2. The highest BCUT2D eigenvalue weighted by atomic mass is 16.4. The highest BCUT2D eigenvalue weighted by molar-refractivity contribution is 5.80. The molecule has 0 unspecified atom stereocenters. The molecule has 0 fully saturated rings. The van der Waals surface area contributed by atoms with Gasteiger partial charge in [-0.3, -0.25) is 9.78 Å². The number of carboxylic acids is 1. The summed E-state index contributed by atoms with van der Waals surface area (Å²) in [6, 6.07) is 3.18. The third kappa shape index (κ3) is 1.90.